The first-order valence-corrected chi connectivity index (χ1v) is 13.2. The molecule has 4 heterocycles. The van der Waals surface area contributed by atoms with Crippen LogP contribution in [0.15, 0.2) is 30.7 Å². The molecular weight excluding hydrogens is 438 g/mol. The lowest BCUT2D eigenvalue weighted by molar-refractivity contribution is 0.0931. The zero-order valence-corrected chi connectivity index (χ0v) is 20.9. The van der Waals surface area contributed by atoms with Gasteiger partial charge in [-0.25, -0.2) is 15.0 Å². The molecule has 1 aliphatic heterocycles. The molecule has 186 valence electrons. The van der Waals surface area contributed by atoms with Crippen LogP contribution < -0.4 is 15.5 Å². The minimum absolute atomic E-state index is 0.0431. The summed E-state index contributed by atoms with van der Waals surface area (Å²) in [5.74, 6) is 1.14. The van der Waals surface area contributed by atoms with Crippen molar-refractivity contribution in [3.8, 4) is 0 Å². The van der Waals surface area contributed by atoms with Gasteiger partial charge in [0.2, 0.25) is 5.95 Å². The molecule has 3 aromatic rings. The number of fused-ring (bicyclic) bond motifs is 1. The molecule has 3 N–H and O–H groups in total. The van der Waals surface area contributed by atoms with Gasteiger partial charge in [-0.1, -0.05) is 33.1 Å². The highest BCUT2D eigenvalue weighted by Gasteiger charge is 2.26. The van der Waals surface area contributed by atoms with Crippen LogP contribution in [-0.2, 0) is 0 Å². The van der Waals surface area contributed by atoms with Gasteiger partial charge in [0.05, 0.1) is 11.3 Å². The fourth-order valence-corrected chi connectivity index (χ4v) is 5.30. The van der Waals surface area contributed by atoms with E-state index in [1.54, 1.807) is 18.6 Å². The first kappa shape index (κ1) is 23.6. The molecule has 8 heteroatoms. The monoisotopic (exact) mass is 475 g/mol. The van der Waals surface area contributed by atoms with E-state index in [-0.39, 0.29) is 11.9 Å². The standard InChI is InChI=1S/C27H37N7O/c1-3-18(2)23-16-21-24(31-19-8-5-4-6-9-19)22(17-30-25(21)33-23)26(35)32-20-10-14-34(15-11-20)27-28-12-7-13-29-27/h7,12-13,16-20H,3-6,8-11,14-15H2,1-2H3,(H,32,35)(H2,30,31,33). The van der Waals surface area contributed by atoms with Crippen LogP contribution in [0.3, 0.4) is 0 Å². The Morgan fingerprint density at radius 3 is 2.54 bits per heavy atom. The Morgan fingerprint density at radius 1 is 1.09 bits per heavy atom. The summed E-state index contributed by atoms with van der Waals surface area (Å²) in [6, 6.07) is 4.55. The Kier molecular flexibility index (Phi) is 7.16. The third-order valence-corrected chi connectivity index (χ3v) is 7.69. The molecule has 2 fully saturated rings. The van der Waals surface area contributed by atoms with Crippen LogP contribution >= 0.6 is 0 Å². The largest absolute Gasteiger partial charge is 0.381 e. The second-order valence-corrected chi connectivity index (χ2v) is 10.1. The molecule has 5 rings (SSSR count). The van der Waals surface area contributed by atoms with Gasteiger partial charge >= 0.3 is 0 Å². The number of rotatable bonds is 7. The molecule has 0 aromatic carbocycles. The first-order chi connectivity index (χ1) is 17.1. The van der Waals surface area contributed by atoms with Crippen molar-refractivity contribution in [3.63, 3.8) is 0 Å². The molecule has 8 nitrogen and oxygen atoms in total. The van der Waals surface area contributed by atoms with Crippen molar-refractivity contribution in [1.82, 2.24) is 25.3 Å². The quantitative estimate of drug-likeness (QED) is 0.444. The Bertz CT molecular complexity index is 1130. The summed E-state index contributed by atoms with van der Waals surface area (Å²) < 4.78 is 0. The number of piperidine rings is 1. The third-order valence-electron chi connectivity index (χ3n) is 7.69. The highest BCUT2D eigenvalue weighted by atomic mass is 16.1. The summed E-state index contributed by atoms with van der Waals surface area (Å²) in [7, 11) is 0. The summed E-state index contributed by atoms with van der Waals surface area (Å²) >= 11 is 0. The van der Waals surface area contributed by atoms with Crippen LogP contribution in [0.2, 0.25) is 0 Å². The third kappa shape index (κ3) is 5.26. The zero-order valence-electron chi connectivity index (χ0n) is 20.9. The van der Waals surface area contributed by atoms with Crippen LogP contribution in [0.5, 0.6) is 0 Å². The van der Waals surface area contributed by atoms with E-state index in [1.807, 2.05) is 6.07 Å². The minimum atomic E-state index is -0.0431. The van der Waals surface area contributed by atoms with Crippen molar-refractivity contribution >= 4 is 28.6 Å². The Balaban J connectivity index is 1.35. The number of H-pyrrole nitrogens is 1. The molecule has 1 amide bonds. The van der Waals surface area contributed by atoms with E-state index >= 15 is 0 Å². The van der Waals surface area contributed by atoms with Gasteiger partial charge < -0.3 is 20.5 Å². The van der Waals surface area contributed by atoms with Gasteiger partial charge in [-0.15, -0.1) is 0 Å². The number of aromatic nitrogens is 4. The predicted molar refractivity (Wildman–Crippen MR) is 140 cm³/mol. The van der Waals surface area contributed by atoms with E-state index in [1.165, 1.54) is 25.0 Å². The fourth-order valence-electron chi connectivity index (χ4n) is 5.30. The van der Waals surface area contributed by atoms with Gasteiger partial charge in [-0.05, 0) is 50.2 Å². The maximum absolute atomic E-state index is 13.5. The summed E-state index contributed by atoms with van der Waals surface area (Å²) in [5.41, 5.74) is 3.60. The van der Waals surface area contributed by atoms with Crippen molar-refractivity contribution in [2.75, 3.05) is 23.3 Å². The molecule has 3 aromatic heterocycles. The average Bonchev–Trinajstić information content (AvgIpc) is 3.35. The molecule has 2 aliphatic rings. The number of carbonyl (C=O) groups excluding carboxylic acids is 1. The number of anilines is 2. The Morgan fingerprint density at radius 2 is 1.83 bits per heavy atom. The lowest BCUT2D eigenvalue weighted by Crippen LogP contribution is -2.45. The van der Waals surface area contributed by atoms with Crippen LogP contribution in [-0.4, -0.2) is 51.0 Å². The lowest BCUT2D eigenvalue weighted by atomic mass is 9.94. The highest BCUT2D eigenvalue weighted by Crippen LogP contribution is 2.33. The van der Waals surface area contributed by atoms with Crippen molar-refractivity contribution in [1.29, 1.82) is 0 Å². The summed E-state index contributed by atoms with van der Waals surface area (Å²) in [6.07, 6.45) is 14.1. The van der Waals surface area contributed by atoms with Gasteiger partial charge in [0.1, 0.15) is 5.65 Å². The molecule has 0 radical (unpaired) electrons. The van der Waals surface area contributed by atoms with Crippen LogP contribution in [0, 0.1) is 0 Å². The van der Waals surface area contributed by atoms with Gasteiger partial charge in [0.15, 0.2) is 0 Å². The second-order valence-electron chi connectivity index (χ2n) is 10.1. The Hall–Kier alpha value is -3.16. The van der Waals surface area contributed by atoms with Crippen molar-refractivity contribution in [3.05, 3.63) is 42.0 Å². The lowest BCUT2D eigenvalue weighted by Gasteiger charge is -2.32. The van der Waals surface area contributed by atoms with E-state index in [4.69, 9.17) is 0 Å². The fraction of sp³-hybridized carbons (Fsp3) is 0.556. The van der Waals surface area contributed by atoms with E-state index in [2.05, 4.69) is 55.4 Å². The molecule has 0 spiro atoms. The maximum Gasteiger partial charge on any atom is 0.255 e. The summed E-state index contributed by atoms with van der Waals surface area (Å²) in [5, 5.41) is 8.08. The molecule has 1 aliphatic carbocycles. The molecular formula is C27H37N7O. The zero-order chi connectivity index (χ0) is 24.2. The highest BCUT2D eigenvalue weighted by molar-refractivity contribution is 6.07. The van der Waals surface area contributed by atoms with E-state index in [0.29, 0.717) is 17.5 Å². The SMILES string of the molecule is CCC(C)c1cc2c(NC3CCCCC3)c(C(=O)NC3CCN(c4ncccn4)CC3)cnc2[nH]1. The van der Waals surface area contributed by atoms with Crippen LogP contribution in [0.25, 0.3) is 11.0 Å². The van der Waals surface area contributed by atoms with Gasteiger partial charge in [-0.2, -0.15) is 0 Å². The molecule has 1 atom stereocenters. The smallest absolute Gasteiger partial charge is 0.255 e. The summed E-state index contributed by atoms with van der Waals surface area (Å²) in [6.45, 7) is 6.07. The van der Waals surface area contributed by atoms with Crippen molar-refractivity contribution in [2.45, 2.75) is 83.2 Å². The normalized spacial score (nSPS) is 18.5. The van der Waals surface area contributed by atoms with Crippen LogP contribution in [0.4, 0.5) is 11.6 Å². The number of carbonyl (C=O) groups is 1. The van der Waals surface area contributed by atoms with E-state index in [0.717, 1.165) is 67.9 Å². The minimum Gasteiger partial charge on any atom is -0.381 e. The predicted octanol–water partition coefficient (Wildman–Crippen LogP) is 5.01. The number of pyridine rings is 1. The Labute approximate surface area is 207 Å². The second kappa shape index (κ2) is 10.6. The van der Waals surface area contributed by atoms with Gasteiger partial charge in [0, 0.05) is 54.8 Å². The van der Waals surface area contributed by atoms with E-state index in [9.17, 15) is 4.79 Å². The van der Waals surface area contributed by atoms with Gasteiger partial charge in [0.25, 0.3) is 5.91 Å². The number of nitrogens with one attached hydrogen (secondary N) is 3. The van der Waals surface area contributed by atoms with Crippen molar-refractivity contribution < 1.29 is 4.79 Å². The number of aromatic amines is 1. The molecule has 35 heavy (non-hydrogen) atoms. The maximum atomic E-state index is 13.5. The molecule has 0 bridgehead atoms. The molecule has 1 saturated carbocycles. The number of hydrogen-bond acceptors (Lipinski definition) is 6. The number of hydrogen-bond donors (Lipinski definition) is 3. The number of amides is 1. The molecule has 1 unspecified atom stereocenters. The number of nitrogens with zero attached hydrogens (tertiary/aromatic N) is 4. The average molecular weight is 476 g/mol. The van der Waals surface area contributed by atoms with Crippen molar-refractivity contribution in [2.24, 2.45) is 0 Å². The molecule has 1 saturated heterocycles. The van der Waals surface area contributed by atoms with Gasteiger partial charge in [-0.3, -0.25) is 4.79 Å². The summed E-state index contributed by atoms with van der Waals surface area (Å²) in [4.78, 5) is 32.6. The first-order valence-electron chi connectivity index (χ1n) is 13.2. The van der Waals surface area contributed by atoms with E-state index < -0.39 is 0 Å². The van der Waals surface area contributed by atoms with Crippen LogP contribution in [0.1, 0.15) is 87.2 Å². The topological polar surface area (TPSA) is 98.8 Å².